The van der Waals surface area contributed by atoms with Crippen LogP contribution in [0.25, 0.3) is 6.08 Å². The number of hydrogen-bond acceptors (Lipinski definition) is 4. The molecule has 29 heavy (non-hydrogen) atoms. The number of nitrogens with one attached hydrogen (secondary N) is 1. The van der Waals surface area contributed by atoms with Crippen LogP contribution in [-0.2, 0) is 16.6 Å². The van der Waals surface area contributed by atoms with Crippen LogP contribution in [0.3, 0.4) is 0 Å². The number of methoxy groups -OCH3 is 2. The van der Waals surface area contributed by atoms with Crippen molar-refractivity contribution in [3.63, 3.8) is 0 Å². The number of amides is 1. The molecule has 0 radical (unpaired) electrons. The van der Waals surface area contributed by atoms with Gasteiger partial charge in [-0.15, -0.1) is 0 Å². The number of hydrogen-bond donors (Lipinski definition) is 1. The van der Waals surface area contributed by atoms with Crippen molar-refractivity contribution in [2.45, 2.75) is 38.3 Å². The number of nitrogens with zero attached hydrogens (tertiary/aromatic N) is 1. The van der Waals surface area contributed by atoms with Gasteiger partial charge in [0, 0.05) is 22.7 Å². The molecule has 0 unspecified atom stereocenters. The molecule has 2 aromatic rings. The third-order valence-electron chi connectivity index (χ3n) is 6.39. The van der Waals surface area contributed by atoms with Gasteiger partial charge in [-0.1, -0.05) is 39.0 Å². The van der Waals surface area contributed by atoms with Crippen molar-refractivity contribution in [2.75, 3.05) is 25.7 Å². The summed E-state index contributed by atoms with van der Waals surface area (Å²) in [7, 11) is 3.29. The standard InChI is InChI=1S/C24H28N2O3/c1-6-16-7-10-20-19(13-16)23(2,3)24(25-22(27)15-26(20)24)12-11-17-8-9-18(28-4)14-21(17)29-5/h7-14H,6,15H2,1-5H3,(H,25,27)/b12-11+/t24-/m1/s1. The highest BCUT2D eigenvalue weighted by Gasteiger charge is 2.59. The van der Waals surface area contributed by atoms with E-state index in [-0.39, 0.29) is 11.3 Å². The highest BCUT2D eigenvalue weighted by molar-refractivity contribution is 5.91. The maximum Gasteiger partial charge on any atom is 0.241 e. The lowest BCUT2D eigenvalue weighted by molar-refractivity contribution is -0.118. The van der Waals surface area contributed by atoms with Crippen LogP contribution in [0.15, 0.2) is 42.5 Å². The highest BCUT2D eigenvalue weighted by atomic mass is 16.5. The van der Waals surface area contributed by atoms with Crippen LogP contribution in [0.4, 0.5) is 5.69 Å². The van der Waals surface area contributed by atoms with Crippen LogP contribution in [0.5, 0.6) is 11.5 Å². The molecule has 152 valence electrons. The van der Waals surface area contributed by atoms with Crippen molar-refractivity contribution >= 4 is 17.7 Å². The fourth-order valence-corrected chi connectivity index (χ4v) is 4.61. The Hall–Kier alpha value is -2.95. The smallest absolute Gasteiger partial charge is 0.241 e. The Labute approximate surface area is 172 Å². The van der Waals surface area contributed by atoms with E-state index in [1.165, 1.54) is 11.1 Å². The monoisotopic (exact) mass is 392 g/mol. The molecule has 2 aromatic carbocycles. The van der Waals surface area contributed by atoms with Crippen LogP contribution < -0.4 is 19.7 Å². The van der Waals surface area contributed by atoms with Gasteiger partial charge in [-0.05, 0) is 41.8 Å². The van der Waals surface area contributed by atoms with Gasteiger partial charge in [0.25, 0.3) is 0 Å². The molecule has 1 saturated heterocycles. The highest BCUT2D eigenvalue weighted by Crippen LogP contribution is 2.53. The van der Waals surface area contributed by atoms with Crippen LogP contribution in [0.2, 0.25) is 0 Å². The molecule has 1 fully saturated rings. The van der Waals surface area contributed by atoms with E-state index < -0.39 is 5.66 Å². The predicted octanol–water partition coefficient (Wildman–Crippen LogP) is 3.90. The summed E-state index contributed by atoms with van der Waals surface area (Å²) >= 11 is 0. The lowest BCUT2D eigenvalue weighted by Gasteiger charge is -2.40. The molecule has 1 amide bonds. The molecule has 0 aliphatic carbocycles. The Morgan fingerprint density at radius 1 is 1.14 bits per heavy atom. The van der Waals surface area contributed by atoms with E-state index in [0.29, 0.717) is 6.54 Å². The van der Waals surface area contributed by atoms with Crippen molar-refractivity contribution in [3.05, 3.63) is 59.2 Å². The van der Waals surface area contributed by atoms with Crippen molar-refractivity contribution in [1.82, 2.24) is 5.32 Å². The summed E-state index contributed by atoms with van der Waals surface area (Å²) in [5.74, 6) is 1.51. The Morgan fingerprint density at radius 3 is 2.62 bits per heavy atom. The SMILES string of the molecule is CCc1ccc2c(c1)C(C)(C)[C@]1(/C=C/c3ccc(OC)cc3OC)NC(=O)CN21. The van der Waals surface area contributed by atoms with Gasteiger partial charge in [-0.2, -0.15) is 0 Å². The van der Waals surface area contributed by atoms with Gasteiger partial charge in [0.2, 0.25) is 5.91 Å². The quantitative estimate of drug-likeness (QED) is 0.838. The zero-order valence-electron chi connectivity index (χ0n) is 17.7. The fraction of sp³-hybridized carbons (Fsp3) is 0.375. The molecule has 0 spiro atoms. The Bertz CT molecular complexity index is 996. The van der Waals surface area contributed by atoms with E-state index in [1.54, 1.807) is 14.2 Å². The van der Waals surface area contributed by atoms with E-state index in [9.17, 15) is 4.79 Å². The topological polar surface area (TPSA) is 50.8 Å². The molecular formula is C24H28N2O3. The summed E-state index contributed by atoms with van der Waals surface area (Å²) in [6.45, 7) is 6.92. The van der Waals surface area contributed by atoms with E-state index in [0.717, 1.165) is 29.2 Å². The van der Waals surface area contributed by atoms with Gasteiger partial charge in [0.15, 0.2) is 0 Å². The average Bonchev–Trinajstić information content (AvgIpc) is 3.16. The lowest BCUT2D eigenvalue weighted by atomic mass is 9.75. The second kappa shape index (κ2) is 6.83. The molecule has 5 nitrogen and oxygen atoms in total. The third-order valence-corrected chi connectivity index (χ3v) is 6.39. The number of carbonyl (C=O) groups excluding carboxylic acids is 1. The van der Waals surface area contributed by atoms with E-state index in [4.69, 9.17) is 9.47 Å². The molecule has 2 heterocycles. The number of rotatable bonds is 5. The zero-order valence-corrected chi connectivity index (χ0v) is 17.7. The molecule has 2 aliphatic heterocycles. The number of benzene rings is 2. The first-order chi connectivity index (χ1) is 13.9. The summed E-state index contributed by atoms with van der Waals surface area (Å²) in [6, 6.07) is 12.3. The maximum atomic E-state index is 12.5. The third kappa shape index (κ3) is 2.79. The normalized spacial score (nSPS) is 21.8. The Kier molecular flexibility index (Phi) is 4.56. The molecule has 1 atom stereocenters. The number of aryl methyl sites for hydroxylation is 1. The molecule has 0 saturated carbocycles. The molecule has 2 aliphatic rings. The first kappa shape index (κ1) is 19.4. The van der Waals surface area contributed by atoms with Crippen molar-refractivity contribution in [2.24, 2.45) is 0 Å². The molecular weight excluding hydrogens is 364 g/mol. The second-order valence-electron chi connectivity index (χ2n) is 8.17. The van der Waals surface area contributed by atoms with Crippen LogP contribution in [0.1, 0.15) is 37.5 Å². The van der Waals surface area contributed by atoms with Crippen molar-refractivity contribution in [3.8, 4) is 11.5 Å². The zero-order chi connectivity index (χ0) is 20.8. The number of ether oxygens (including phenoxy) is 2. The molecule has 0 bridgehead atoms. The van der Waals surface area contributed by atoms with E-state index >= 15 is 0 Å². The average molecular weight is 392 g/mol. The summed E-state index contributed by atoms with van der Waals surface area (Å²) < 4.78 is 10.8. The van der Waals surface area contributed by atoms with Crippen molar-refractivity contribution in [1.29, 1.82) is 0 Å². The number of anilines is 1. The van der Waals surface area contributed by atoms with Gasteiger partial charge < -0.3 is 19.7 Å². The molecule has 5 heteroatoms. The first-order valence-electron chi connectivity index (χ1n) is 9.99. The first-order valence-corrected chi connectivity index (χ1v) is 9.99. The van der Waals surface area contributed by atoms with Crippen LogP contribution >= 0.6 is 0 Å². The summed E-state index contributed by atoms with van der Waals surface area (Å²) in [6.07, 6.45) is 5.13. The minimum Gasteiger partial charge on any atom is -0.497 e. The van der Waals surface area contributed by atoms with E-state index in [1.807, 2.05) is 24.3 Å². The Balaban J connectivity index is 1.81. The van der Waals surface area contributed by atoms with Gasteiger partial charge in [0.05, 0.1) is 20.8 Å². The Morgan fingerprint density at radius 2 is 1.93 bits per heavy atom. The van der Waals surface area contributed by atoms with Crippen LogP contribution in [-0.4, -0.2) is 32.3 Å². The second-order valence-corrected chi connectivity index (χ2v) is 8.17. The predicted molar refractivity (Wildman–Crippen MR) is 116 cm³/mol. The summed E-state index contributed by atoms with van der Waals surface area (Å²) in [4.78, 5) is 14.7. The van der Waals surface area contributed by atoms with Crippen molar-refractivity contribution < 1.29 is 14.3 Å². The fourth-order valence-electron chi connectivity index (χ4n) is 4.61. The molecule has 0 aromatic heterocycles. The minimum absolute atomic E-state index is 0.0367. The molecule has 4 rings (SSSR count). The largest absolute Gasteiger partial charge is 0.497 e. The van der Waals surface area contributed by atoms with Gasteiger partial charge >= 0.3 is 0 Å². The van der Waals surface area contributed by atoms with Crippen LogP contribution in [0, 0.1) is 0 Å². The molecule has 1 N–H and O–H groups in total. The number of fused-ring (bicyclic) bond motifs is 3. The van der Waals surface area contributed by atoms with E-state index in [2.05, 4.69) is 55.3 Å². The summed E-state index contributed by atoms with van der Waals surface area (Å²) in [5, 5.41) is 3.27. The van der Waals surface area contributed by atoms with Gasteiger partial charge in [-0.3, -0.25) is 4.79 Å². The van der Waals surface area contributed by atoms with Gasteiger partial charge in [-0.25, -0.2) is 0 Å². The summed E-state index contributed by atoms with van der Waals surface area (Å²) in [5.41, 5.74) is 3.71. The number of carbonyl (C=O) groups is 1. The maximum absolute atomic E-state index is 12.5. The van der Waals surface area contributed by atoms with Gasteiger partial charge in [0.1, 0.15) is 17.2 Å². The lowest BCUT2D eigenvalue weighted by Crippen LogP contribution is -2.58. The minimum atomic E-state index is -0.621.